The smallest absolute Gasteiger partial charge is 0.225 e. The van der Waals surface area contributed by atoms with E-state index in [0.717, 1.165) is 11.3 Å². The number of nitrogens with zero attached hydrogens (tertiary/aromatic N) is 1. The lowest BCUT2D eigenvalue weighted by Crippen LogP contribution is -2.20. The minimum absolute atomic E-state index is 0.0952. The molecule has 30 heavy (non-hydrogen) atoms. The Balaban J connectivity index is 1.41. The first-order chi connectivity index (χ1) is 14.6. The maximum atomic E-state index is 12.3. The molecule has 6 heteroatoms. The zero-order valence-electron chi connectivity index (χ0n) is 16.9. The molecule has 0 aliphatic heterocycles. The molecule has 154 valence electrons. The van der Waals surface area contributed by atoms with E-state index in [1.54, 1.807) is 36.5 Å². The zero-order valence-corrected chi connectivity index (χ0v) is 16.9. The topological polar surface area (TPSA) is 80.3 Å². The largest absolute Gasteiger partial charge is 0.489 e. The van der Waals surface area contributed by atoms with Gasteiger partial charge in [-0.2, -0.15) is 0 Å². The Bertz CT molecular complexity index is 944. The molecule has 0 aliphatic carbocycles. The van der Waals surface area contributed by atoms with E-state index >= 15 is 0 Å². The van der Waals surface area contributed by atoms with E-state index in [9.17, 15) is 9.59 Å². The first-order valence-electron chi connectivity index (χ1n) is 9.86. The van der Waals surface area contributed by atoms with Crippen molar-refractivity contribution >= 4 is 23.3 Å². The van der Waals surface area contributed by atoms with Gasteiger partial charge in [-0.1, -0.05) is 43.3 Å². The molecule has 0 aliphatic rings. The Hall–Kier alpha value is -3.67. The Labute approximate surface area is 176 Å². The van der Waals surface area contributed by atoms with Gasteiger partial charge < -0.3 is 15.4 Å². The Morgan fingerprint density at radius 2 is 1.53 bits per heavy atom. The Morgan fingerprint density at radius 1 is 0.867 bits per heavy atom. The van der Waals surface area contributed by atoms with Gasteiger partial charge in [0.1, 0.15) is 18.2 Å². The number of carbonyl (C=O) groups excluding carboxylic acids is 2. The number of hydrogen-bond donors (Lipinski definition) is 2. The third-order valence-electron chi connectivity index (χ3n) is 4.39. The summed E-state index contributed by atoms with van der Waals surface area (Å²) in [7, 11) is 0. The maximum Gasteiger partial charge on any atom is 0.225 e. The van der Waals surface area contributed by atoms with Gasteiger partial charge in [0.25, 0.3) is 0 Å². The summed E-state index contributed by atoms with van der Waals surface area (Å²) in [5, 5.41) is 5.59. The van der Waals surface area contributed by atoms with Gasteiger partial charge in [-0.15, -0.1) is 0 Å². The molecular formula is C24H25N3O3. The predicted molar refractivity (Wildman–Crippen MR) is 117 cm³/mol. The van der Waals surface area contributed by atoms with Crippen molar-refractivity contribution in [3.8, 4) is 5.75 Å². The summed E-state index contributed by atoms with van der Waals surface area (Å²) in [5.74, 6) is 0.854. The first kappa shape index (κ1) is 21.0. The number of ether oxygens (including phenoxy) is 1. The van der Waals surface area contributed by atoms with Crippen LogP contribution >= 0.6 is 0 Å². The van der Waals surface area contributed by atoms with E-state index in [-0.39, 0.29) is 30.6 Å². The molecule has 0 spiro atoms. The second-order valence-corrected chi connectivity index (χ2v) is 7.12. The number of benzene rings is 2. The van der Waals surface area contributed by atoms with Gasteiger partial charge in [-0.25, -0.2) is 4.98 Å². The summed E-state index contributed by atoms with van der Waals surface area (Å²) < 4.78 is 5.75. The number of carbonyl (C=O) groups is 2. The van der Waals surface area contributed by atoms with Crippen molar-refractivity contribution in [1.82, 2.24) is 4.98 Å². The summed E-state index contributed by atoms with van der Waals surface area (Å²) >= 11 is 0. The first-order valence-corrected chi connectivity index (χ1v) is 9.86. The fourth-order valence-electron chi connectivity index (χ4n) is 2.92. The zero-order chi connectivity index (χ0) is 21.2. The summed E-state index contributed by atoms with van der Waals surface area (Å²) in [5.41, 5.74) is 1.79. The van der Waals surface area contributed by atoms with Crippen LogP contribution in [-0.2, 0) is 16.2 Å². The fourth-order valence-corrected chi connectivity index (χ4v) is 2.92. The van der Waals surface area contributed by atoms with Gasteiger partial charge >= 0.3 is 0 Å². The van der Waals surface area contributed by atoms with Crippen LogP contribution in [-0.4, -0.2) is 16.8 Å². The van der Waals surface area contributed by atoms with E-state index in [1.807, 2.05) is 49.4 Å². The molecule has 1 unspecified atom stereocenters. The van der Waals surface area contributed by atoms with Crippen molar-refractivity contribution in [2.75, 3.05) is 10.6 Å². The Morgan fingerprint density at radius 3 is 2.20 bits per heavy atom. The Kier molecular flexibility index (Phi) is 7.55. The summed E-state index contributed by atoms with van der Waals surface area (Å²) in [6.07, 6.45) is 2.11. The average molecular weight is 403 g/mol. The van der Waals surface area contributed by atoms with E-state index in [2.05, 4.69) is 15.6 Å². The molecule has 1 atom stereocenters. The number of anilines is 2. The lowest BCUT2D eigenvalue weighted by atomic mass is 10.0. The third-order valence-corrected chi connectivity index (χ3v) is 4.39. The van der Waals surface area contributed by atoms with Crippen molar-refractivity contribution in [2.45, 2.75) is 26.4 Å². The number of pyridine rings is 1. The third kappa shape index (κ3) is 7.05. The molecule has 0 bridgehead atoms. The monoisotopic (exact) mass is 403 g/mol. The number of aromatic nitrogens is 1. The van der Waals surface area contributed by atoms with Crippen molar-refractivity contribution in [2.24, 2.45) is 5.92 Å². The molecular weight excluding hydrogens is 378 g/mol. The van der Waals surface area contributed by atoms with Crippen LogP contribution < -0.4 is 15.4 Å². The maximum absolute atomic E-state index is 12.3. The van der Waals surface area contributed by atoms with Crippen LogP contribution in [0.15, 0.2) is 79.0 Å². The summed E-state index contributed by atoms with van der Waals surface area (Å²) in [6.45, 7) is 2.36. The van der Waals surface area contributed by atoms with Crippen molar-refractivity contribution in [3.05, 3.63) is 84.6 Å². The quantitative estimate of drug-likeness (QED) is 0.545. The summed E-state index contributed by atoms with van der Waals surface area (Å²) in [4.78, 5) is 28.4. The van der Waals surface area contributed by atoms with Gasteiger partial charge in [0.15, 0.2) is 0 Å². The van der Waals surface area contributed by atoms with Crippen molar-refractivity contribution < 1.29 is 14.3 Å². The highest BCUT2D eigenvalue weighted by molar-refractivity contribution is 5.92. The minimum Gasteiger partial charge on any atom is -0.489 e. The lowest BCUT2D eigenvalue weighted by molar-refractivity contribution is -0.118. The normalized spacial score (nSPS) is 11.4. The highest BCUT2D eigenvalue weighted by atomic mass is 16.5. The summed E-state index contributed by atoms with van der Waals surface area (Å²) in [6, 6.07) is 22.5. The second kappa shape index (κ2) is 10.8. The van der Waals surface area contributed by atoms with E-state index in [4.69, 9.17) is 4.74 Å². The van der Waals surface area contributed by atoms with Crippen LogP contribution in [0.5, 0.6) is 5.75 Å². The molecule has 2 amide bonds. The molecule has 0 fully saturated rings. The second-order valence-electron chi connectivity index (χ2n) is 7.12. The molecule has 2 N–H and O–H groups in total. The predicted octanol–water partition coefficient (Wildman–Crippen LogP) is 4.65. The molecule has 0 saturated carbocycles. The molecule has 0 saturated heterocycles. The molecule has 6 nitrogen and oxygen atoms in total. The number of amides is 2. The SMILES string of the molecule is CC(CC(=O)Nc1ccc(OCc2ccccc2)cc1)CC(=O)Nc1ccccn1. The highest BCUT2D eigenvalue weighted by Crippen LogP contribution is 2.18. The van der Waals surface area contributed by atoms with Gasteiger partial charge in [0, 0.05) is 24.7 Å². The van der Waals surface area contributed by atoms with Gasteiger partial charge in [0.05, 0.1) is 0 Å². The van der Waals surface area contributed by atoms with Crippen LogP contribution in [0.3, 0.4) is 0 Å². The van der Waals surface area contributed by atoms with E-state index in [0.29, 0.717) is 18.1 Å². The molecule has 3 aromatic rings. The lowest BCUT2D eigenvalue weighted by Gasteiger charge is -2.12. The van der Waals surface area contributed by atoms with Gasteiger partial charge in [-0.3, -0.25) is 9.59 Å². The van der Waals surface area contributed by atoms with E-state index in [1.165, 1.54) is 0 Å². The van der Waals surface area contributed by atoms with Crippen LogP contribution in [0.25, 0.3) is 0 Å². The average Bonchev–Trinajstić information content (AvgIpc) is 2.74. The van der Waals surface area contributed by atoms with Crippen LogP contribution in [0.4, 0.5) is 11.5 Å². The molecule has 1 aromatic heterocycles. The standard InChI is InChI=1S/C24H25N3O3/c1-18(16-24(29)27-22-9-5-6-14-25-22)15-23(28)26-20-10-12-21(13-11-20)30-17-19-7-3-2-4-8-19/h2-14,18H,15-17H2,1H3,(H,26,28)(H,25,27,29). The molecule has 2 aromatic carbocycles. The van der Waals surface area contributed by atoms with Crippen LogP contribution in [0.2, 0.25) is 0 Å². The number of nitrogens with one attached hydrogen (secondary N) is 2. The van der Waals surface area contributed by atoms with Crippen LogP contribution in [0.1, 0.15) is 25.3 Å². The number of rotatable bonds is 9. The van der Waals surface area contributed by atoms with Crippen molar-refractivity contribution in [1.29, 1.82) is 0 Å². The fraction of sp³-hybridized carbons (Fsp3) is 0.208. The van der Waals surface area contributed by atoms with E-state index < -0.39 is 0 Å². The van der Waals surface area contributed by atoms with Crippen molar-refractivity contribution in [3.63, 3.8) is 0 Å². The highest BCUT2D eigenvalue weighted by Gasteiger charge is 2.14. The minimum atomic E-state index is -0.158. The van der Waals surface area contributed by atoms with Gasteiger partial charge in [-0.05, 0) is 47.9 Å². The molecule has 0 radical (unpaired) electrons. The van der Waals surface area contributed by atoms with Crippen LogP contribution in [0, 0.1) is 5.92 Å². The number of hydrogen-bond acceptors (Lipinski definition) is 4. The van der Waals surface area contributed by atoms with Gasteiger partial charge in [0.2, 0.25) is 11.8 Å². The molecule has 1 heterocycles. The molecule has 3 rings (SSSR count).